The Balaban J connectivity index is 1.25. The summed E-state index contributed by atoms with van der Waals surface area (Å²) in [5.41, 5.74) is -0.253. The van der Waals surface area contributed by atoms with E-state index < -0.39 is 23.3 Å². The maximum atomic E-state index is 14.6. The Hall–Kier alpha value is -5.69. The Morgan fingerprint density at radius 3 is 2.50 bits per heavy atom. The van der Waals surface area contributed by atoms with E-state index in [1.807, 2.05) is 12.1 Å². The highest BCUT2D eigenvalue weighted by molar-refractivity contribution is 6.32. The van der Waals surface area contributed by atoms with E-state index in [0.29, 0.717) is 38.3 Å². The number of aromatic nitrogens is 5. The lowest BCUT2D eigenvalue weighted by atomic mass is 10.1. The van der Waals surface area contributed by atoms with Crippen molar-refractivity contribution in [2.24, 2.45) is 0 Å². The average molecular weight is 644 g/mol. The minimum atomic E-state index is -4.98. The molecule has 7 rings (SSSR count). The molecule has 2 amide bonds. The smallest absolute Gasteiger partial charge is 0.434 e. The Labute approximate surface area is 263 Å². The number of hydrogen-bond donors (Lipinski definition) is 1. The van der Waals surface area contributed by atoms with Crippen LogP contribution in [0, 0.1) is 0 Å². The van der Waals surface area contributed by atoms with Crippen molar-refractivity contribution in [3.63, 3.8) is 0 Å². The van der Waals surface area contributed by atoms with Crippen LogP contribution in [0.3, 0.4) is 0 Å². The zero-order chi connectivity index (χ0) is 32.2. The summed E-state index contributed by atoms with van der Waals surface area (Å²) in [7, 11) is 1.55. The number of rotatable bonds is 7. The van der Waals surface area contributed by atoms with E-state index in [-0.39, 0.29) is 28.8 Å². The van der Waals surface area contributed by atoms with Crippen LogP contribution in [-0.4, -0.2) is 43.5 Å². The molecular formula is C32H21ClF3N7O3. The van der Waals surface area contributed by atoms with Gasteiger partial charge < -0.3 is 10.1 Å². The quantitative estimate of drug-likeness (QED) is 0.208. The summed E-state index contributed by atoms with van der Waals surface area (Å²) in [6, 6.07) is 18.1. The molecule has 0 atom stereocenters. The number of carbonyl (C=O) groups excluding carboxylic acids is 2. The van der Waals surface area contributed by atoms with Crippen molar-refractivity contribution < 1.29 is 27.5 Å². The summed E-state index contributed by atoms with van der Waals surface area (Å²) in [6.07, 6.45) is 0.327. The molecule has 3 aromatic heterocycles. The van der Waals surface area contributed by atoms with E-state index in [2.05, 4.69) is 20.5 Å². The lowest BCUT2D eigenvalue weighted by Crippen LogP contribution is -2.26. The van der Waals surface area contributed by atoms with Crippen LogP contribution in [0.15, 0.2) is 91.5 Å². The van der Waals surface area contributed by atoms with Crippen LogP contribution in [0.1, 0.15) is 32.0 Å². The van der Waals surface area contributed by atoms with Crippen molar-refractivity contribution in [2.75, 3.05) is 17.3 Å². The minimum absolute atomic E-state index is 0.0438. The highest BCUT2D eigenvalue weighted by atomic mass is 35.5. The number of anilines is 2. The molecule has 0 saturated carbocycles. The van der Waals surface area contributed by atoms with E-state index >= 15 is 0 Å². The van der Waals surface area contributed by atoms with E-state index in [4.69, 9.17) is 16.3 Å². The first kappa shape index (κ1) is 29.0. The molecule has 3 aromatic carbocycles. The number of benzene rings is 3. The third kappa shape index (κ3) is 4.90. The van der Waals surface area contributed by atoms with Gasteiger partial charge in [-0.15, -0.1) is 0 Å². The van der Waals surface area contributed by atoms with Crippen molar-refractivity contribution in [2.45, 2.75) is 12.7 Å². The molecule has 1 N–H and O–H groups in total. The van der Waals surface area contributed by atoms with Gasteiger partial charge in [0.15, 0.2) is 5.69 Å². The molecule has 0 radical (unpaired) electrons. The Morgan fingerprint density at radius 1 is 1.00 bits per heavy atom. The molecule has 230 valence electrons. The van der Waals surface area contributed by atoms with Crippen LogP contribution >= 0.6 is 11.6 Å². The number of alkyl halides is 3. The number of halogens is 4. The molecule has 1 aliphatic rings. The molecule has 14 heteroatoms. The van der Waals surface area contributed by atoms with Gasteiger partial charge in [0.25, 0.3) is 11.8 Å². The highest BCUT2D eigenvalue weighted by Crippen LogP contribution is 2.41. The van der Waals surface area contributed by atoms with Crippen molar-refractivity contribution in [1.82, 2.24) is 24.5 Å². The lowest BCUT2D eigenvalue weighted by molar-refractivity contribution is -0.143. The lowest BCUT2D eigenvalue weighted by Gasteiger charge is -2.18. The SMILES string of the molecule is COc1ccc(CN2C(=O)c3cccc4c(-n5ncc(C(=O)Nc6ccc(-n7cccn7)c(Cl)c6)c5C(F)(F)F)cnc2c34)cc1. The maximum absolute atomic E-state index is 14.6. The first-order chi connectivity index (χ1) is 22.1. The first-order valence-electron chi connectivity index (χ1n) is 13.8. The Bertz CT molecular complexity index is 2150. The maximum Gasteiger partial charge on any atom is 0.434 e. The number of nitrogens with one attached hydrogen (secondary N) is 1. The molecule has 0 bridgehead atoms. The van der Waals surface area contributed by atoms with Gasteiger partial charge in [-0.25, -0.2) is 14.3 Å². The number of nitrogens with zero attached hydrogens (tertiary/aromatic N) is 6. The molecule has 6 aromatic rings. The summed E-state index contributed by atoms with van der Waals surface area (Å²) in [5, 5.41) is 11.5. The molecule has 4 heterocycles. The zero-order valence-corrected chi connectivity index (χ0v) is 24.5. The Morgan fingerprint density at radius 2 is 1.80 bits per heavy atom. The van der Waals surface area contributed by atoms with E-state index in [1.54, 1.807) is 62.0 Å². The van der Waals surface area contributed by atoms with Gasteiger partial charge in [0.05, 0.1) is 53.6 Å². The fraction of sp³-hybridized carbons (Fsp3) is 0.0938. The van der Waals surface area contributed by atoms with Gasteiger partial charge in [-0.05, 0) is 48.0 Å². The third-order valence-corrected chi connectivity index (χ3v) is 7.87. The summed E-state index contributed by atoms with van der Waals surface area (Å²) >= 11 is 6.35. The fourth-order valence-electron chi connectivity index (χ4n) is 5.47. The van der Waals surface area contributed by atoms with Crippen LogP contribution < -0.4 is 15.0 Å². The first-order valence-corrected chi connectivity index (χ1v) is 14.1. The monoisotopic (exact) mass is 643 g/mol. The number of amides is 2. The molecule has 10 nitrogen and oxygen atoms in total. The minimum Gasteiger partial charge on any atom is -0.497 e. The second-order valence-electron chi connectivity index (χ2n) is 10.3. The predicted octanol–water partition coefficient (Wildman–Crippen LogP) is 6.70. The standard InChI is InChI=1S/C32H21ClF3N7O3/c1-46-20-9-6-18(7-10-20)17-41-29-27-21(4-2-5-22(27)31(41)45)26(16-37-29)43-28(32(34,35)36)23(15-39-43)30(44)40-19-8-11-25(24(33)14-19)42-13-3-12-38-42/h2-16H,17H2,1H3,(H,40,44). The molecule has 0 saturated heterocycles. The van der Waals surface area contributed by atoms with Gasteiger partial charge in [-0.3, -0.25) is 14.5 Å². The van der Waals surface area contributed by atoms with Gasteiger partial charge >= 0.3 is 6.18 Å². The van der Waals surface area contributed by atoms with Gasteiger partial charge in [0.2, 0.25) is 0 Å². The van der Waals surface area contributed by atoms with Crippen molar-refractivity contribution >= 4 is 45.7 Å². The van der Waals surface area contributed by atoms with Crippen LogP contribution in [0.2, 0.25) is 5.02 Å². The molecule has 46 heavy (non-hydrogen) atoms. The summed E-state index contributed by atoms with van der Waals surface area (Å²) < 4.78 is 51.2. The molecule has 0 spiro atoms. The highest BCUT2D eigenvalue weighted by Gasteiger charge is 2.41. The van der Waals surface area contributed by atoms with E-state index in [0.717, 1.165) is 11.8 Å². The molecule has 1 aliphatic heterocycles. The fourth-order valence-corrected chi connectivity index (χ4v) is 5.73. The zero-order valence-electron chi connectivity index (χ0n) is 23.8. The van der Waals surface area contributed by atoms with Crippen LogP contribution in [-0.2, 0) is 12.7 Å². The summed E-state index contributed by atoms with van der Waals surface area (Å²) in [5.74, 6) is -0.412. The van der Waals surface area contributed by atoms with Gasteiger partial charge in [-0.2, -0.15) is 23.4 Å². The third-order valence-electron chi connectivity index (χ3n) is 7.57. The van der Waals surface area contributed by atoms with E-state index in [1.165, 1.54) is 27.9 Å². The topological polar surface area (TPSA) is 107 Å². The number of hydrogen-bond acceptors (Lipinski definition) is 6. The predicted molar refractivity (Wildman–Crippen MR) is 164 cm³/mol. The van der Waals surface area contributed by atoms with Crippen molar-refractivity contribution in [3.8, 4) is 17.1 Å². The second kappa shape index (κ2) is 11.0. The molecule has 0 fully saturated rings. The van der Waals surface area contributed by atoms with Gasteiger partial charge in [0, 0.05) is 28.9 Å². The van der Waals surface area contributed by atoms with Crippen LogP contribution in [0.5, 0.6) is 5.75 Å². The largest absolute Gasteiger partial charge is 0.497 e. The number of ether oxygens (including phenoxy) is 1. The van der Waals surface area contributed by atoms with Crippen molar-refractivity contribution in [1.29, 1.82) is 0 Å². The molecule has 0 unspecified atom stereocenters. The van der Waals surface area contributed by atoms with Crippen LogP contribution in [0.25, 0.3) is 22.1 Å². The van der Waals surface area contributed by atoms with Gasteiger partial charge in [-0.1, -0.05) is 35.9 Å². The number of methoxy groups -OCH3 is 1. The average Bonchev–Trinajstić information content (AvgIpc) is 3.79. The molecular weight excluding hydrogens is 623 g/mol. The Kier molecular flexibility index (Phi) is 6.97. The number of carbonyl (C=O) groups is 2. The normalized spacial score (nSPS) is 12.6. The summed E-state index contributed by atoms with van der Waals surface area (Å²) in [4.78, 5) is 32.6. The second-order valence-corrected chi connectivity index (χ2v) is 10.7. The van der Waals surface area contributed by atoms with E-state index in [9.17, 15) is 22.8 Å². The van der Waals surface area contributed by atoms with Crippen LogP contribution in [0.4, 0.5) is 24.7 Å². The van der Waals surface area contributed by atoms with Crippen molar-refractivity contribution in [3.05, 3.63) is 119 Å². The van der Waals surface area contributed by atoms with Gasteiger partial charge in [0.1, 0.15) is 11.6 Å². The number of pyridine rings is 1. The summed E-state index contributed by atoms with van der Waals surface area (Å²) in [6.45, 7) is 0.186. The molecule has 0 aliphatic carbocycles.